The minimum atomic E-state index is -2.87. The first kappa shape index (κ1) is 16.2. The van der Waals surface area contributed by atoms with Crippen LogP contribution in [0, 0.1) is 0 Å². The van der Waals surface area contributed by atoms with Crippen LogP contribution in [0.1, 0.15) is 52.9 Å². The monoisotopic (exact) mass is 302 g/mol. The van der Waals surface area contributed by atoms with E-state index in [0.29, 0.717) is 12.3 Å². The molecule has 1 atom stereocenters. The van der Waals surface area contributed by atoms with Crippen LogP contribution >= 0.6 is 0 Å². The summed E-state index contributed by atoms with van der Waals surface area (Å²) in [5, 5.41) is 3.79. The van der Waals surface area contributed by atoms with Crippen molar-refractivity contribution in [2.75, 3.05) is 31.1 Å². The van der Waals surface area contributed by atoms with Crippen molar-refractivity contribution in [3.05, 3.63) is 0 Å². The van der Waals surface area contributed by atoms with Crippen LogP contribution in [0.15, 0.2) is 0 Å². The summed E-state index contributed by atoms with van der Waals surface area (Å²) >= 11 is 0. The Kier molecular flexibility index (Phi) is 4.82. The molecule has 1 heterocycles. The summed E-state index contributed by atoms with van der Waals surface area (Å²) in [5.74, 6) is 0.558. The van der Waals surface area contributed by atoms with Crippen molar-refractivity contribution in [2.24, 2.45) is 0 Å². The van der Waals surface area contributed by atoms with Crippen LogP contribution in [-0.2, 0) is 9.84 Å². The summed E-state index contributed by atoms with van der Waals surface area (Å²) in [5.41, 5.74) is 0.349. The van der Waals surface area contributed by atoms with E-state index in [1.165, 1.54) is 25.7 Å². The number of nitrogens with zero attached hydrogens (tertiary/aromatic N) is 1. The molecule has 4 nitrogen and oxygen atoms in total. The summed E-state index contributed by atoms with van der Waals surface area (Å²) in [6, 6.07) is 0. The first-order valence-electron chi connectivity index (χ1n) is 8.05. The Bertz CT molecular complexity index is 429. The smallest absolute Gasteiger partial charge is 0.151 e. The number of hydrogen-bond acceptors (Lipinski definition) is 4. The predicted octanol–water partition coefficient (Wildman–Crippen LogP) is 1.81. The van der Waals surface area contributed by atoms with E-state index >= 15 is 0 Å². The van der Waals surface area contributed by atoms with Gasteiger partial charge in [0.2, 0.25) is 0 Å². The molecule has 1 N–H and O–H groups in total. The zero-order valence-electron chi connectivity index (χ0n) is 13.2. The quantitative estimate of drug-likeness (QED) is 0.841. The lowest BCUT2D eigenvalue weighted by atomic mass is 9.85. The number of hydrogen-bond donors (Lipinski definition) is 1. The lowest BCUT2D eigenvalue weighted by Crippen LogP contribution is -2.68. The van der Waals surface area contributed by atoms with E-state index in [4.69, 9.17) is 0 Å². The van der Waals surface area contributed by atoms with Gasteiger partial charge in [0.1, 0.15) is 0 Å². The maximum Gasteiger partial charge on any atom is 0.151 e. The number of rotatable bonds is 5. The standard InChI is InChI=1S/C15H30N2O2S/c1-4-14(3)12-16-15(8-6-7-9-15)13-17(14)10-11-20(18,19)5-2/h16H,4-13H2,1-3H3. The van der Waals surface area contributed by atoms with E-state index in [0.717, 1.165) is 19.5 Å². The lowest BCUT2D eigenvalue weighted by Gasteiger charge is -2.52. The molecule has 1 spiro atoms. The van der Waals surface area contributed by atoms with Gasteiger partial charge in [-0.05, 0) is 26.2 Å². The molecule has 118 valence electrons. The molecule has 0 aromatic carbocycles. The molecule has 5 heteroatoms. The first-order chi connectivity index (χ1) is 9.35. The zero-order valence-corrected chi connectivity index (χ0v) is 14.1. The predicted molar refractivity (Wildman–Crippen MR) is 83.8 cm³/mol. The van der Waals surface area contributed by atoms with Gasteiger partial charge in [-0.1, -0.05) is 26.7 Å². The molecule has 1 unspecified atom stereocenters. The van der Waals surface area contributed by atoms with Gasteiger partial charge in [-0.3, -0.25) is 4.90 Å². The molecule has 1 saturated carbocycles. The summed E-state index contributed by atoms with van der Waals surface area (Å²) < 4.78 is 23.6. The number of sulfone groups is 1. The van der Waals surface area contributed by atoms with E-state index < -0.39 is 9.84 Å². The largest absolute Gasteiger partial charge is 0.308 e. The average Bonchev–Trinajstić information content (AvgIpc) is 2.89. The summed E-state index contributed by atoms with van der Waals surface area (Å²) in [6.45, 7) is 8.89. The molecule has 1 aliphatic heterocycles. The molecule has 2 rings (SSSR count). The van der Waals surface area contributed by atoms with Crippen molar-refractivity contribution < 1.29 is 8.42 Å². The Morgan fingerprint density at radius 3 is 2.40 bits per heavy atom. The second-order valence-electron chi connectivity index (χ2n) is 6.85. The fourth-order valence-corrected chi connectivity index (χ4v) is 4.37. The molecule has 2 aliphatic rings. The topological polar surface area (TPSA) is 49.4 Å². The minimum Gasteiger partial charge on any atom is -0.308 e. The SMILES string of the molecule is CCC1(C)CNC2(CCCC2)CN1CCS(=O)(=O)CC. The third-order valence-corrected chi connectivity index (χ3v) is 7.22. The first-order valence-corrected chi connectivity index (χ1v) is 9.87. The van der Waals surface area contributed by atoms with Gasteiger partial charge in [0.25, 0.3) is 0 Å². The van der Waals surface area contributed by atoms with Crippen LogP contribution in [0.25, 0.3) is 0 Å². The normalized spacial score (nSPS) is 30.9. The van der Waals surface area contributed by atoms with E-state index in [2.05, 4.69) is 24.1 Å². The third kappa shape index (κ3) is 3.37. The fourth-order valence-electron chi connectivity index (χ4n) is 3.58. The second kappa shape index (κ2) is 5.93. The molecule has 1 saturated heterocycles. The maximum absolute atomic E-state index is 11.8. The van der Waals surface area contributed by atoms with Crippen molar-refractivity contribution in [3.8, 4) is 0 Å². The van der Waals surface area contributed by atoms with Gasteiger partial charge < -0.3 is 5.32 Å². The molecular formula is C15H30N2O2S. The number of nitrogens with one attached hydrogen (secondary N) is 1. The minimum absolute atomic E-state index is 0.0943. The van der Waals surface area contributed by atoms with E-state index in [1.54, 1.807) is 6.92 Å². The zero-order chi connectivity index (χ0) is 14.9. The van der Waals surface area contributed by atoms with Gasteiger partial charge in [-0.2, -0.15) is 0 Å². The van der Waals surface area contributed by atoms with Crippen LogP contribution in [0.5, 0.6) is 0 Å². The Balaban J connectivity index is 2.07. The van der Waals surface area contributed by atoms with Crippen molar-refractivity contribution in [1.29, 1.82) is 0 Å². The van der Waals surface area contributed by atoms with Gasteiger partial charge in [0, 0.05) is 36.5 Å². The Morgan fingerprint density at radius 2 is 1.85 bits per heavy atom. The summed E-state index contributed by atoms with van der Waals surface area (Å²) in [6.07, 6.45) is 6.14. The summed E-state index contributed by atoms with van der Waals surface area (Å²) in [4.78, 5) is 2.45. The second-order valence-corrected chi connectivity index (χ2v) is 9.32. The molecule has 0 amide bonds. The molecule has 2 fully saturated rings. The molecule has 1 aliphatic carbocycles. The number of piperazine rings is 1. The van der Waals surface area contributed by atoms with Crippen LogP contribution in [-0.4, -0.2) is 55.5 Å². The third-order valence-electron chi connectivity index (χ3n) is 5.54. The van der Waals surface area contributed by atoms with Gasteiger partial charge in [-0.25, -0.2) is 8.42 Å². The van der Waals surface area contributed by atoms with Crippen molar-refractivity contribution >= 4 is 9.84 Å². The lowest BCUT2D eigenvalue weighted by molar-refractivity contribution is 0.0193. The van der Waals surface area contributed by atoms with Crippen molar-refractivity contribution in [2.45, 2.75) is 64.0 Å². The van der Waals surface area contributed by atoms with Crippen LogP contribution in [0.2, 0.25) is 0 Å². The highest BCUT2D eigenvalue weighted by Crippen LogP contribution is 2.36. The maximum atomic E-state index is 11.8. The van der Waals surface area contributed by atoms with E-state index in [1.807, 2.05) is 0 Å². The Morgan fingerprint density at radius 1 is 1.20 bits per heavy atom. The molecular weight excluding hydrogens is 272 g/mol. The highest BCUT2D eigenvalue weighted by molar-refractivity contribution is 7.91. The average molecular weight is 302 g/mol. The van der Waals surface area contributed by atoms with Crippen molar-refractivity contribution in [3.63, 3.8) is 0 Å². The van der Waals surface area contributed by atoms with E-state index in [-0.39, 0.29) is 16.8 Å². The van der Waals surface area contributed by atoms with Gasteiger partial charge in [0.05, 0.1) is 5.75 Å². The highest BCUT2D eigenvalue weighted by atomic mass is 32.2. The van der Waals surface area contributed by atoms with Crippen molar-refractivity contribution in [1.82, 2.24) is 10.2 Å². The van der Waals surface area contributed by atoms with Gasteiger partial charge >= 0.3 is 0 Å². The highest BCUT2D eigenvalue weighted by Gasteiger charge is 2.45. The van der Waals surface area contributed by atoms with Gasteiger partial charge in [0.15, 0.2) is 9.84 Å². The fraction of sp³-hybridized carbons (Fsp3) is 1.00. The molecule has 0 aromatic heterocycles. The molecule has 0 bridgehead atoms. The van der Waals surface area contributed by atoms with E-state index in [9.17, 15) is 8.42 Å². The van der Waals surface area contributed by atoms with Crippen LogP contribution < -0.4 is 5.32 Å². The van der Waals surface area contributed by atoms with Gasteiger partial charge in [-0.15, -0.1) is 0 Å². The molecule has 0 aromatic rings. The summed E-state index contributed by atoms with van der Waals surface area (Å²) in [7, 11) is -2.87. The Labute approximate surface area is 124 Å². The molecule has 20 heavy (non-hydrogen) atoms. The molecule has 0 radical (unpaired) electrons. The van der Waals surface area contributed by atoms with Crippen LogP contribution in [0.4, 0.5) is 0 Å². The van der Waals surface area contributed by atoms with Crippen LogP contribution in [0.3, 0.4) is 0 Å². The Hall–Kier alpha value is -0.130.